The molecule has 0 aliphatic rings. The Balaban J connectivity index is 1.64. The van der Waals surface area contributed by atoms with Gasteiger partial charge in [-0.1, -0.05) is 30.3 Å². The molecule has 1 aromatic heterocycles. The molecule has 0 radical (unpaired) electrons. The third-order valence-corrected chi connectivity index (χ3v) is 4.65. The molecule has 0 fully saturated rings. The van der Waals surface area contributed by atoms with Gasteiger partial charge in [0.25, 0.3) is 5.91 Å². The van der Waals surface area contributed by atoms with Gasteiger partial charge in [-0.25, -0.2) is 10.1 Å². The summed E-state index contributed by atoms with van der Waals surface area (Å²) >= 11 is 0. The van der Waals surface area contributed by atoms with Crippen LogP contribution in [0.2, 0.25) is 0 Å². The zero-order valence-corrected chi connectivity index (χ0v) is 16.8. The zero-order chi connectivity index (χ0) is 21.6. The van der Waals surface area contributed by atoms with Crippen molar-refractivity contribution in [3.8, 4) is 28.4 Å². The van der Waals surface area contributed by atoms with Crippen LogP contribution in [0, 0.1) is 0 Å². The zero-order valence-electron chi connectivity index (χ0n) is 16.8. The molecule has 7 nitrogen and oxygen atoms in total. The van der Waals surface area contributed by atoms with Gasteiger partial charge in [0, 0.05) is 17.3 Å². The Hall–Kier alpha value is -4.39. The van der Waals surface area contributed by atoms with E-state index in [1.807, 2.05) is 60.8 Å². The van der Waals surface area contributed by atoms with Crippen LogP contribution in [0.4, 0.5) is 0 Å². The molecule has 4 aromatic rings. The van der Waals surface area contributed by atoms with Crippen LogP contribution in [0.25, 0.3) is 16.9 Å². The van der Waals surface area contributed by atoms with Crippen LogP contribution < -0.4 is 10.2 Å². The number of phenols is 1. The summed E-state index contributed by atoms with van der Waals surface area (Å²) < 4.78 is 6.99. The minimum Gasteiger partial charge on any atom is -0.507 e. The predicted molar refractivity (Wildman–Crippen MR) is 119 cm³/mol. The number of hydrogen-bond donors (Lipinski definition) is 2. The largest absolute Gasteiger partial charge is 0.507 e. The number of hydrazone groups is 1. The summed E-state index contributed by atoms with van der Waals surface area (Å²) in [6.45, 7) is 0. The molecular weight excluding hydrogens is 392 g/mol. The van der Waals surface area contributed by atoms with E-state index in [2.05, 4.69) is 10.5 Å². The van der Waals surface area contributed by atoms with Crippen molar-refractivity contribution in [3.05, 3.63) is 96.2 Å². The molecule has 3 aromatic carbocycles. The number of hydrogen-bond acceptors (Lipinski definition) is 5. The summed E-state index contributed by atoms with van der Waals surface area (Å²) in [7, 11) is 1.62. The van der Waals surface area contributed by atoms with Crippen molar-refractivity contribution in [2.45, 2.75) is 0 Å². The van der Waals surface area contributed by atoms with Crippen molar-refractivity contribution in [3.63, 3.8) is 0 Å². The van der Waals surface area contributed by atoms with Crippen LogP contribution in [0.3, 0.4) is 0 Å². The van der Waals surface area contributed by atoms with Crippen LogP contribution in [-0.2, 0) is 0 Å². The van der Waals surface area contributed by atoms with E-state index in [-0.39, 0.29) is 11.3 Å². The van der Waals surface area contributed by atoms with E-state index in [4.69, 9.17) is 9.84 Å². The first-order valence-electron chi connectivity index (χ1n) is 9.56. The fourth-order valence-corrected chi connectivity index (χ4v) is 3.05. The first-order valence-corrected chi connectivity index (χ1v) is 9.56. The summed E-state index contributed by atoms with van der Waals surface area (Å²) in [5.74, 6) is 0.137. The average molecular weight is 412 g/mol. The Morgan fingerprint density at radius 1 is 1.03 bits per heavy atom. The van der Waals surface area contributed by atoms with Crippen LogP contribution >= 0.6 is 0 Å². The minimum absolute atomic E-state index is 0.106. The first-order chi connectivity index (χ1) is 15.2. The molecule has 1 heterocycles. The molecule has 0 bridgehead atoms. The van der Waals surface area contributed by atoms with Crippen molar-refractivity contribution < 1.29 is 14.6 Å². The Morgan fingerprint density at radius 3 is 2.45 bits per heavy atom. The van der Waals surface area contributed by atoms with Gasteiger partial charge in [-0.15, -0.1) is 0 Å². The quantitative estimate of drug-likeness (QED) is 0.370. The van der Waals surface area contributed by atoms with Gasteiger partial charge >= 0.3 is 0 Å². The number of benzene rings is 3. The summed E-state index contributed by atoms with van der Waals surface area (Å²) in [6.07, 6.45) is 3.37. The second-order valence-electron chi connectivity index (χ2n) is 6.66. The maximum absolute atomic E-state index is 12.3. The molecule has 0 unspecified atom stereocenters. The van der Waals surface area contributed by atoms with Crippen molar-refractivity contribution in [1.82, 2.24) is 15.2 Å². The molecule has 0 spiro atoms. The van der Waals surface area contributed by atoms with E-state index < -0.39 is 5.91 Å². The van der Waals surface area contributed by atoms with Gasteiger partial charge in [-0.3, -0.25) is 4.79 Å². The molecule has 7 heteroatoms. The maximum atomic E-state index is 12.3. The SMILES string of the molecule is COc1ccc(-c2nn(-c3ccccc3)cc2/C=N/NC(=O)c2ccccc2O)cc1. The van der Waals surface area contributed by atoms with Crippen molar-refractivity contribution in [2.75, 3.05) is 7.11 Å². The van der Waals surface area contributed by atoms with E-state index in [9.17, 15) is 9.90 Å². The van der Waals surface area contributed by atoms with E-state index in [0.717, 1.165) is 17.0 Å². The van der Waals surface area contributed by atoms with E-state index in [1.165, 1.54) is 18.3 Å². The fraction of sp³-hybridized carbons (Fsp3) is 0.0417. The smallest absolute Gasteiger partial charge is 0.275 e. The Morgan fingerprint density at radius 2 is 1.74 bits per heavy atom. The second-order valence-corrected chi connectivity index (χ2v) is 6.66. The Kier molecular flexibility index (Phi) is 5.75. The minimum atomic E-state index is -0.504. The third-order valence-electron chi connectivity index (χ3n) is 4.65. The van der Waals surface area contributed by atoms with Crippen LogP contribution in [0.15, 0.2) is 90.2 Å². The summed E-state index contributed by atoms with van der Waals surface area (Å²) in [5.41, 5.74) is 5.79. The van der Waals surface area contributed by atoms with Crippen molar-refractivity contribution in [2.24, 2.45) is 5.10 Å². The average Bonchev–Trinajstić information content (AvgIpc) is 3.24. The third kappa shape index (κ3) is 4.45. The topological polar surface area (TPSA) is 88.7 Å². The lowest BCUT2D eigenvalue weighted by Crippen LogP contribution is -2.17. The number of nitrogens with zero attached hydrogens (tertiary/aromatic N) is 3. The number of rotatable bonds is 6. The van der Waals surface area contributed by atoms with Gasteiger partial charge in [0.2, 0.25) is 0 Å². The lowest BCUT2D eigenvalue weighted by Gasteiger charge is -2.03. The second kappa shape index (κ2) is 8.96. The molecule has 0 aliphatic carbocycles. The summed E-state index contributed by atoms with van der Waals surface area (Å²) in [5, 5.41) is 18.6. The molecule has 31 heavy (non-hydrogen) atoms. The molecule has 0 aliphatic heterocycles. The van der Waals surface area contributed by atoms with E-state index in [1.54, 1.807) is 23.9 Å². The van der Waals surface area contributed by atoms with E-state index in [0.29, 0.717) is 11.3 Å². The maximum Gasteiger partial charge on any atom is 0.275 e. The molecule has 0 atom stereocenters. The lowest BCUT2D eigenvalue weighted by atomic mass is 10.1. The normalized spacial score (nSPS) is 10.9. The molecule has 4 rings (SSSR count). The van der Waals surface area contributed by atoms with Gasteiger partial charge in [0.1, 0.15) is 17.2 Å². The van der Waals surface area contributed by atoms with Crippen LogP contribution in [0.1, 0.15) is 15.9 Å². The van der Waals surface area contributed by atoms with Gasteiger partial charge in [-0.2, -0.15) is 10.2 Å². The number of para-hydroxylation sites is 2. The Bertz CT molecular complexity index is 1220. The Labute approximate surface area is 179 Å². The number of amides is 1. The number of methoxy groups -OCH3 is 1. The van der Waals surface area contributed by atoms with Crippen LogP contribution in [0.5, 0.6) is 11.5 Å². The monoisotopic (exact) mass is 412 g/mol. The summed E-state index contributed by atoms with van der Waals surface area (Å²) in [4.78, 5) is 12.3. The number of carbonyl (C=O) groups excluding carboxylic acids is 1. The predicted octanol–water partition coefficient (Wildman–Crippen LogP) is 4.02. The number of phenolic OH excluding ortho intramolecular Hbond substituents is 1. The van der Waals surface area contributed by atoms with Crippen molar-refractivity contribution >= 4 is 12.1 Å². The van der Waals surface area contributed by atoms with Gasteiger partial charge < -0.3 is 9.84 Å². The number of nitrogens with one attached hydrogen (secondary N) is 1. The molecule has 154 valence electrons. The number of aromatic hydroxyl groups is 1. The number of carbonyl (C=O) groups is 1. The van der Waals surface area contributed by atoms with Crippen molar-refractivity contribution in [1.29, 1.82) is 0 Å². The number of aromatic nitrogens is 2. The molecular formula is C24H20N4O3. The number of ether oxygens (including phenoxy) is 1. The lowest BCUT2D eigenvalue weighted by molar-refractivity contribution is 0.0952. The molecule has 1 amide bonds. The molecule has 0 saturated carbocycles. The highest BCUT2D eigenvalue weighted by molar-refractivity contribution is 5.97. The van der Waals surface area contributed by atoms with Gasteiger partial charge in [0.15, 0.2) is 0 Å². The fourth-order valence-electron chi connectivity index (χ4n) is 3.05. The highest BCUT2D eigenvalue weighted by atomic mass is 16.5. The molecule has 0 saturated heterocycles. The first kappa shape index (κ1) is 19.9. The summed E-state index contributed by atoms with van der Waals surface area (Å²) in [6, 6.07) is 23.5. The van der Waals surface area contributed by atoms with E-state index >= 15 is 0 Å². The molecule has 2 N–H and O–H groups in total. The highest BCUT2D eigenvalue weighted by Crippen LogP contribution is 2.25. The highest BCUT2D eigenvalue weighted by Gasteiger charge is 2.12. The van der Waals surface area contributed by atoms with Crippen LogP contribution in [-0.4, -0.2) is 34.1 Å². The standard InChI is InChI=1S/C24H20N4O3/c1-31-20-13-11-17(12-14-20)23-18(16-28(27-23)19-7-3-2-4-8-19)15-25-26-24(30)21-9-5-6-10-22(21)29/h2-16,29H,1H3,(H,26,30)/b25-15+. The van der Waals surface area contributed by atoms with Gasteiger partial charge in [-0.05, 0) is 48.5 Å². The van der Waals surface area contributed by atoms with Gasteiger partial charge in [0.05, 0.1) is 24.6 Å².